The average Bonchev–Trinajstić information content (AvgIpc) is 3.15. The molecule has 2 aromatic rings. The van der Waals surface area contributed by atoms with Crippen molar-refractivity contribution in [1.29, 1.82) is 0 Å². The zero-order valence-electron chi connectivity index (χ0n) is 11.1. The van der Waals surface area contributed by atoms with E-state index in [9.17, 15) is 4.79 Å². The third-order valence-electron chi connectivity index (χ3n) is 3.53. The molecule has 1 aromatic carbocycles. The molecule has 0 spiro atoms. The third kappa shape index (κ3) is 2.32. The first-order valence-corrected chi connectivity index (χ1v) is 6.65. The Hall–Kier alpha value is -2.48. The van der Waals surface area contributed by atoms with Crippen LogP contribution in [0.1, 0.15) is 23.3 Å². The molecule has 0 aliphatic heterocycles. The van der Waals surface area contributed by atoms with Gasteiger partial charge in [-0.15, -0.1) is 6.42 Å². The second-order valence-corrected chi connectivity index (χ2v) is 5.21. The number of nitrogens with two attached hydrogens (primary N) is 1. The molecule has 1 heterocycles. The normalized spacial score (nSPS) is 14.2. The van der Waals surface area contributed by atoms with E-state index in [0.717, 1.165) is 10.9 Å². The molecule has 1 saturated carbocycles. The molecule has 1 aliphatic rings. The maximum atomic E-state index is 12.6. The van der Waals surface area contributed by atoms with Gasteiger partial charge in [-0.05, 0) is 37.0 Å². The SMILES string of the molecule is C#CCN(CC1CC1)C(=O)c1n[nH]c2ccc(N)cc12. The fraction of sp³-hybridized carbons (Fsp3) is 0.333. The lowest BCUT2D eigenvalue weighted by molar-refractivity contribution is 0.0766. The highest BCUT2D eigenvalue weighted by Gasteiger charge is 2.28. The van der Waals surface area contributed by atoms with Crippen molar-refractivity contribution in [3.63, 3.8) is 0 Å². The average molecular weight is 268 g/mol. The fourth-order valence-corrected chi connectivity index (χ4v) is 2.29. The van der Waals surface area contributed by atoms with Crippen LogP contribution < -0.4 is 5.73 Å². The van der Waals surface area contributed by atoms with Crippen molar-refractivity contribution < 1.29 is 4.79 Å². The van der Waals surface area contributed by atoms with Gasteiger partial charge in [-0.2, -0.15) is 5.10 Å². The number of aromatic nitrogens is 2. The lowest BCUT2D eigenvalue weighted by Crippen LogP contribution is -2.33. The van der Waals surface area contributed by atoms with E-state index in [-0.39, 0.29) is 5.91 Å². The van der Waals surface area contributed by atoms with Gasteiger partial charge < -0.3 is 10.6 Å². The molecule has 102 valence electrons. The first kappa shape index (κ1) is 12.5. The first-order chi connectivity index (χ1) is 9.69. The molecule has 0 unspecified atom stereocenters. The predicted octanol–water partition coefficient (Wildman–Crippen LogP) is 1.63. The Morgan fingerprint density at radius 1 is 1.55 bits per heavy atom. The summed E-state index contributed by atoms with van der Waals surface area (Å²) in [5.41, 5.74) is 7.58. The van der Waals surface area contributed by atoms with E-state index in [0.29, 0.717) is 30.4 Å². The molecule has 1 aromatic heterocycles. The van der Waals surface area contributed by atoms with Crippen LogP contribution in [0.25, 0.3) is 10.9 Å². The van der Waals surface area contributed by atoms with E-state index in [1.165, 1.54) is 12.8 Å². The van der Waals surface area contributed by atoms with Crippen LogP contribution in [0.4, 0.5) is 5.69 Å². The number of hydrogen-bond acceptors (Lipinski definition) is 3. The summed E-state index contributed by atoms with van der Waals surface area (Å²) in [5.74, 6) is 3.00. The van der Waals surface area contributed by atoms with Gasteiger partial charge in [-0.3, -0.25) is 9.89 Å². The van der Waals surface area contributed by atoms with Crippen LogP contribution in [-0.2, 0) is 0 Å². The van der Waals surface area contributed by atoms with E-state index < -0.39 is 0 Å². The molecule has 1 fully saturated rings. The molecule has 1 amide bonds. The zero-order valence-corrected chi connectivity index (χ0v) is 11.1. The number of carbonyl (C=O) groups is 1. The van der Waals surface area contributed by atoms with Crippen molar-refractivity contribution in [3.05, 3.63) is 23.9 Å². The molecule has 0 bridgehead atoms. The van der Waals surface area contributed by atoms with Crippen molar-refractivity contribution in [2.45, 2.75) is 12.8 Å². The number of nitrogen functional groups attached to an aromatic ring is 1. The quantitative estimate of drug-likeness (QED) is 0.653. The summed E-state index contributed by atoms with van der Waals surface area (Å²) < 4.78 is 0. The van der Waals surface area contributed by atoms with E-state index in [4.69, 9.17) is 12.2 Å². The molecule has 20 heavy (non-hydrogen) atoms. The van der Waals surface area contributed by atoms with E-state index in [1.807, 2.05) is 6.07 Å². The second kappa shape index (κ2) is 4.89. The number of amides is 1. The number of fused-ring (bicyclic) bond motifs is 1. The number of aromatic amines is 1. The molecule has 0 saturated heterocycles. The van der Waals surface area contributed by atoms with Crippen LogP contribution >= 0.6 is 0 Å². The van der Waals surface area contributed by atoms with E-state index in [2.05, 4.69) is 16.1 Å². The van der Waals surface area contributed by atoms with Gasteiger partial charge in [0.1, 0.15) is 0 Å². The Labute approximate surface area is 117 Å². The van der Waals surface area contributed by atoms with E-state index >= 15 is 0 Å². The maximum absolute atomic E-state index is 12.6. The lowest BCUT2D eigenvalue weighted by Gasteiger charge is -2.18. The van der Waals surface area contributed by atoms with Crippen molar-refractivity contribution in [2.24, 2.45) is 5.92 Å². The predicted molar refractivity (Wildman–Crippen MR) is 78.0 cm³/mol. The van der Waals surface area contributed by atoms with Crippen LogP contribution in [0, 0.1) is 18.3 Å². The van der Waals surface area contributed by atoms with Crippen LogP contribution in [-0.4, -0.2) is 34.1 Å². The van der Waals surface area contributed by atoms with Crippen LogP contribution in [0.5, 0.6) is 0 Å². The van der Waals surface area contributed by atoms with Crippen molar-refractivity contribution in [1.82, 2.24) is 15.1 Å². The Morgan fingerprint density at radius 3 is 3.05 bits per heavy atom. The molecule has 1 aliphatic carbocycles. The number of anilines is 1. The number of nitrogens with zero attached hydrogens (tertiary/aromatic N) is 2. The molecule has 0 radical (unpaired) electrons. The maximum Gasteiger partial charge on any atom is 0.275 e. The summed E-state index contributed by atoms with van der Waals surface area (Å²) >= 11 is 0. The topological polar surface area (TPSA) is 75.0 Å². The Bertz CT molecular complexity index is 693. The second-order valence-electron chi connectivity index (χ2n) is 5.21. The number of terminal acetylenes is 1. The van der Waals surface area contributed by atoms with Gasteiger partial charge in [0, 0.05) is 17.6 Å². The Balaban J connectivity index is 1.93. The molecule has 5 nitrogen and oxygen atoms in total. The molecular formula is C15H16N4O. The number of H-pyrrole nitrogens is 1. The monoisotopic (exact) mass is 268 g/mol. The first-order valence-electron chi connectivity index (χ1n) is 6.65. The standard InChI is InChI=1S/C15H16N4O/c1-2-7-19(9-10-3-4-10)15(20)14-12-8-11(16)5-6-13(12)17-18-14/h1,5-6,8,10H,3-4,7,9,16H2,(H,17,18). The summed E-state index contributed by atoms with van der Waals surface area (Å²) in [6, 6.07) is 5.36. The molecular weight excluding hydrogens is 252 g/mol. The number of benzene rings is 1. The smallest absolute Gasteiger partial charge is 0.275 e. The molecule has 3 rings (SSSR count). The van der Waals surface area contributed by atoms with Gasteiger partial charge in [-0.25, -0.2) is 0 Å². The summed E-state index contributed by atoms with van der Waals surface area (Å²) in [6.45, 7) is 1.02. The fourth-order valence-electron chi connectivity index (χ4n) is 2.29. The van der Waals surface area contributed by atoms with Gasteiger partial charge in [0.25, 0.3) is 5.91 Å². The largest absolute Gasteiger partial charge is 0.399 e. The summed E-state index contributed by atoms with van der Waals surface area (Å²) in [4.78, 5) is 14.3. The van der Waals surface area contributed by atoms with Crippen LogP contribution in [0.3, 0.4) is 0 Å². The van der Waals surface area contributed by atoms with Crippen molar-refractivity contribution >= 4 is 22.5 Å². The van der Waals surface area contributed by atoms with Crippen LogP contribution in [0.15, 0.2) is 18.2 Å². The highest BCUT2D eigenvalue weighted by molar-refractivity contribution is 6.05. The minimum atomic E-state index is -0.133. The zero-order chi connectivity index (χ0) is 14.1. The molecule has 5 heteroatoms. The number of hydrogen-bond donors (Lipinski definition) is 2. The summed E-state index contributed by atoms with van der Waals surface area (Å²) in [5, 5.41) is 7.73. The number of nitrogens with one attached hydrogen (secondary N) is 1. The number of carbonyl (C=O) groups excluding carboxylic acids is 1. The summed E-state index contributed by atoms with van der Waals surface area (Å²) in [6.07, 6.45) is 7.70. The van der Waals surface area contributed by atoms with Gasteiger partial charge in [0.15, 0.2) is 5.69 Å². The molecule has 0 atom stereocenters. The Kier molecular flexibility index (Phi) is 3.07. The van der Waals surface area contributed by atoms with Gasteiger partial charge in [0.05, 0.1) is 12.1 Å². The van der Waals surface area contributed by atoms with Crippen LogP contribution in [0.2, 0.25) is 0 Å². The minimum absolute atomic E-state index is 0.133. The van der Waals surface area contributed by atoms with Crippen molar-refractivity contribution in [2.75, 3.05) is 18.8 Å². The number of rotatable bonds is 4. The minimum Gasteiger partial charge on any atom is -0.399 e. The highest BCUT2D eigenvalue weighted by Crippen LogP contribution is 2.30. The highest BCUT2D eigenvalue weighted by atomic mass is 16.2. The van der Waals surface area contributed by atoms with Gasteiger partial charge >= 0.3 is 0 Å². The van der Waals surface area contributed by atoms with E-state index in [1.54, 1.807) is 17.0 Å². The summed E-state index contributed by atoms with van der Waals surface area (Å²) in [7, 11) is 0. The van der Waals surface area contributed by atoms with Crippen molar-refractivity contribution in [3.8, 4) is 12.3 Å². The lowest BCUT2D eigenvalue weighted by atomic mass is 10.1. The molecule has 3 N–H and O–H groups in total. The Morgan fingerprint density at radius 2 is 2.35 bits per heavy atom. The van der Waals surface area contributed by atoms with Gasteiger partial charge in [-0.1, -0.05) is 5.92 Å². The third-order valence-corrected chi connectivity index (χ3v) is 3.53. The van der Waals surface area contributed by atoms with Gasteiger partial charge in [0.2, 0.25) is 0 Å².